The van der Waals surface area contributed by atoms with Crippen molar-refractivity contribution in [3.05, 3.63) is 42.0 Å². The summed E-state index contributed by atoms with van der Waals surface area (Å²) in [5.41, 5.74) is -1.70. The van der Waals surface area contributed by atoms with E-state index in [1.165, 1.54) is 6.08 Å². The molecule has 1 atom stereocenters. The van der Waals surface area contributed by atoms with Crippen molar-refractivity contribution in [1.82, 2.24) is 0 Å². The number of alkyl halides is 3. The topological polar surface area (TPSA) is 9.23 Å². The zero-order valence-corrected chi connectivity index (χ0v) is 14.3. The van der Waals surface area contributed by atoms with Gasteiger partial charge in [0.1, 0.15) is 0 Å². The average molecular weight is 328 g/mol. The predicted octanol–water partition coefficient (Wildman–Crippen LogP) is 4.94. The van der Waals surface area contributed by atoms with Crippen LogP contribution in [-0.2, 0) is 4.43 Å². The van der Waals surface area contributed by atoms with Gasteiger partial charge in [-0.25, -0.2) is 0 Å². The summed E-state index contributed by atoms with van der Waals surface area (Å²) in [6, 6.07) is 9.26. The van der Waals surface area contributed by atoms with Crippen molar-refractivity contribution in [3.8, 4) is 0 Å². The predicted molar refractivity (Wildman–Crippen MR) is 85.7 cm³/mol. The van der Waals surface area contributed by atoms with Crippen LogP contribution in [0.3, 0.4) is 0 Å². The summed E-state index contributed by atoms with van der Waals surface area (Å²) in [5.74, 6) is 0. The van der Waals surface area contributed by atoms with Gasteiger partial charge in [0.25, 0.3) is 0 Å². The van der Waals surface area contributed by atoms with Crippen molar-refractivity contribution in [2.24, 2.45) is 0 Å². The molecule has 0 amide bonds. The third-order valence-corrected chi connectivity index (χ3v) is 6.68. The first-order chi connectivity index (χ1) is 10.2. The Bertz CT molecular complexity index is 537. The molecule has 0 aliphatic heterocycles. The Morgan fingerprint density at radius 3 is 2.27 bits per heavy atom. The quantitative estimate of drug-likeness (QED) is 0.391. The van der Waals surface area contributed by atoms with E-state index in [4.69, 9.17) is 4.43 Å². The Hall–Kier alpha value is -1.07. The summed E-state index contributed by atoms with van der Waals surface area (Å²) in [6.45, 7) is 5.69. The lowest BCUT2D eigenvalue weighted by Gasteiger charge is -2.33. The first kappa shape index (κ1) is 17.3. The molecule has 1 aliphatic rings. The first-order valence-corrected chi connectivity index (χ1v) is 10.7. The second-order valence-corrected chi connectivity index (χ2v) is 10.1. The van der Waals surface area contributed by atoms with Crippen molar-refractivity contribution < 1.29 is 17.6 Å². The van der Waals surface area contributed by atoms with E-state index in [9.17, 15) is 13.2 Å². The van der Waals surface area contributed by atoms with Crippen LogP contribution in [0.15, 0.2) is 42.0 Å². The molecule has 0 aromatic heterocycles. The van der Waals surface area contributed by atoms with E-state index in [0.29, 0.717) is 12.0 Å². The van der Waals surface area contributed by atoms with Gasteiger partial charge < -0.3 is 4.43 Å². The smallest absolute Gasteiger partial charge is 0.393 e. The second-order valence-electron chi connectivity index (χ2n) is 6.34. The summed E-state index contributed by atoms with van der Waals surface area (Å²) in [5, 5.41) is 0.881. The Morgan fingerprint density at radius 2 is 1.73 bits per heavy atom. The lowest BCUT2D eigenvalue weighted by Crippen LogP contribution is -2.53. The molecule has 0 N–H and O–H groups in total. The molecule has 1 aromatic carbocycles. The Balaban J connectivity index is 2.13. The number of hydrogen-bond acceptors (Lipinski definition) is 1. The zero-order chi connectivity index (χ0) is 16.4. The van der Waals surface area contributed by atoms with Crippen molar-refractivity contribution in [2.75, 3.05) is 0 Å². The molecule has 0 spiro atoms. The number of unbranched alkanes of at least 4 members (excludes halogenated alkanes) is 2. The van der Waals surface area contributed by atoms with Gasteiger partial charge in [0.15, 0.2) is 5.60 Å². The molecule has 1 unspecified atom stereocenters. The minimum Gasteiger partial charge on any atom is -0.393 e. The highest BCUT2D eigenvalue weighted by molar-refractivity contribution is 6.84. The Kier molecular flexibility index (Phi) is 4.87. The van der Waals surface area contributed by atoms with Crippen molar-refractivity contribution in [1.29, 1.82) is 0 Å². The van der Waals surface area contributed by atoms with Crippen molar-refractivity contribution >= 4 is 13.5 Å². The van der Waals surface area contributed by atoms with Gasteiger partial charge in [-0.05, 0) is 42.8 Å². The second kappa shape index (κ2) is 6.20. The largest absolute Gasteiger partial charge is 0.424 e. The first-order valence-electron chi connectivity index (χ1n) is 7.77. The zero-order valence-electron chi connectivity index (χ0n) is 13.3. The van der Waals surface area contributed by atoms with Crippen LogP contribution in [0.2, 0.25) is 13.1 Å². The molecule has 1 nitrogen and oxygen atoms in total. The molecule has 2 rings (SSSR count). The van der Waals surface area contributed by atoms with Gasteiger partial charge in [0.2, 0.25) is 8.32 Å². The van der Waals surface area contributed by atoms with Gasteiger partial charge >= 0.3 is 6.18 Å². The normalized spacial score (nSPS) is 21.6. The fraction of sp³-hybridized carbons (Fsp3) is 0.529. The maximum absolute atomic E-state index is 13.5. The summed E-state index contributed by atoms with van der Waals surface area (Å²) < 4.78 is 46.4. The summed E-state index contributed by atoms with van der Waals surface area (Å²) in [4.78, 5) is 0. The van der Waals surface area contributed by atoms with Gasteiger partial charge in [0, 0.05) is 0 Å². The third-order valence-electron chi connectivity index (χ3n) is 4.13. The standard InChI is InChI=1S/C17H23F3OSi/c1-4-5-7-10-14-13-16(14,17(18,19)20)21-22(2,3)15-11-8-6-9-12-15/h6,8-9,11-13H,4-5,7,10H2,1-3H3. The minimum atomic E-state index is -4.37. The lowest BCUT2D eigenvalue weighted by atomic mass is 10.1. The van der Waals surface area contributed by atoms with Crippen LogP contribution < -0.4 is 5.19 Å². The number of hydrogen-bond donors (Lipinski definition) is 0. The molecular weight excluding hydrogens is 305 g/mol. The van der Waals surface area contributed by atoms with Crippen LogP contribution in [0, 0.1) is 0 Å². The average Bonchev–Trinajstić information content (AvgIpc) is 3.13. The van der Waals surface area contributed by atoms with Gasteiger partial charge in [0.05, 0.1) is 0 Å². The highest BCUT2D eigenvalue weighted by atomic mass is 28.4. The number of halogens is 3. The van der Waals surface area contributed by atoms with Crippen LogP contribution >= 0.6 is 0 Å². The van der Waals surface area contributed by atoms with Gasteiger partial charge in [-0.1, -0.05) is 50.1 Å². The van der Waals surface area contributed by atoms with Gasteiger partial charge in [-0.2, -0.15) is 13.2 Å². The molecule has 1 aliphatic carbocycles. The lowest BCUT2D eigenvalue weighted by molar-refractivity contribution is -0.203. The monoisotopic (exact) mass is 328 g/mol. The fourth-order valence-electron chi connectivity index (χ4n) is 2.75. The number of rotatable bonds is 7. The van der Waals surface area contributed by atoms with E-state index < -0.39 is 20.1 Å². The van der Waals surface area contributed by atoms with E-state index in [1.807, 2.05) is 50.3 Å². The molecular formula is C17H23F3OSi. The summed E-state index contributed by atoms with van der Waals surface area (Å²) >= 11 is 0. The molecule has 0 bridgehead atoms. The highest BCUT2D eigenvalue weighted by Crippen LogP contribution is 2.54. The SMILES string of the molecule is CCCCCC1=CC1(O[Si](C)(C)c1ccccc1)C(F)(F)F. The van der Waals surface area contributed by atoms with E-state index in [0.717, 1.165) is 24.4 Å². The maximum atomic E-state index is 13.5. The molecule has 0 fully saturated rings. The summed E-state index contributed by atoms with van der Waals surface area (Å²) in [6.07, 6.45) is 0.125. The number of benzene rings is 1. The maximum Gasteiger partial charge on any atom is 0.424 e. The van der Waals surface area contributed by atoms with Crippen molar-refractivity contribution in [3.63, 3.8) is 0 Å². The van der Waals surface area contributed by atoms with E-state index >= 15 is 0 Å². The molecule has 5 heteroatoms. The molecule has 0 saturated heterocycles. The molecule has 1 aromatic rings. The molecule has 0 heterocycles. The third kappa shape index (κ3) is 3.46. The van der Waals surface area contributed by atoms with Gasteiger partial charge in [-0.3, -0.25) is 0 Å². The molecule has 0 radical (unpaired) electrons. The highest BCUT2D eigenvalue weighted by Gasteiger charge is 2.66. The van der Waals surface area contributed by atoms with E-state index in [2.05, 4.69) is 0 Å². The van der Waals surface area contributed by atoms with Crippen LogP contribution in [-0.4, -0.2) is 20.1 Å². The van der Waals surface area contributed by atoms with Crippen LogP contribution in [0.5, 0.6) is 0 Å². The summed E-state index contributed by atoms with van der Waals surface area (Å²) in [7, 11) is -2.62. The van der Waals surface area contributed by atoms with E-state index in [-0.39, 0.29) is 0 Å². The van der Waals surface area contributed by atoms with Gasteiger partial charge in [-0.15, -0.1) is 0 Å². The Labute approximate surface area is 131 Å². The molecule has 0 saturated carbocycles. The molecule has 122 valence electrons. The van der Waals surface area contributed by atoms with Crippen LogP contribution in [0.1, 0.15) is 32.6 Å². The molecule has 22 heavy (non-hydrogen) atoms. The minimum absolute atomic E-state index is 0.407. The Morgan fingerprint density at radius 1 is 1.09 bits per heavy atom. The van der Waals surface area contributed by atoms with Crippen LogP contribution in [0.4, 0.5) is 13.2 Å². The van der Waals surface area contributed by atoms with Crippen LogP contribution in [0.25, 0.3) is 0 Å². The van der Waals surface area contributed by atoms with E-state index in [1.54, 1.807) is 0 Å². The fourth-order valence-corrected chi connectivity index (χ4v) is 4.97. The van der Waals surface area contributed by atoms with Crippen molar-refractivity contribution in [2.45, 2.75) is 57.5 Å².